The van der Waals surface area contributed by atoms with E-state index in [1.165, 1.54) is 12.0 Å². The van der Waals surface area contributed by atoms with Crippen molar-refractivity contribution < 1.29 is 4.74 Å². The molecule has 0 heterocycles. The largest absolute Gasteiger partial charge is 0.373 e. The van der Waals surface area contributed by atoms with Crippen molar-refractivity contribution in [1.82, 2.24) is 0 Å². The maximum atomic E-state index is 6.79. The van der Waals surface area contributed by atoms with Crippen molar-refractivity contribution in [1.29, 1.82) is 0 Å². The van der Waals surface area contributed by atoms with E-state index in [-0.39, 0.29) is 10.6 Å². The zero-order chi connectivity index (χ0) is 17.1. The van der Waals surface area contributed by atoms with Crippen LogP contribution >= 0.6 is 0 Å². The summed E-state index contributed by atoms with van der Waals surface area (Å²) in [6, 6.07) is 0. The van der Waals surface area contributed by atoms with E-state index in [1.807, 2.05) is 0 Å². The predicted molar refractivity (Wildman–Crippen MR) is 104 cm³/mol. The van der Waals surface area contributed by atoms with Crippen LogP contribution < -0.4 is 0 Å². The Morgan fingerprint density at radius 2 is 1.96 bits per heavy atom. The number of ether oxygens (including phenoxy) is 1. The summed E-state index contributed by atoms with van der Waals surface area (Å²) in [6.07, 6.45) is 18.4. The highest BCUT2D eigenvalue weighted by Crippen LogP contribution is 2.49. The summed E-state index contributed by atoms with van der Waals surface area (Å²) >= 11 is 0. The van der Waals surface area contributed by atoms with Gasteiger partial charge in [-0.15, -0.1) is 0 Å². The SMILES string of the molecule is CCCCOC1([Si](C)(C)C2=CCC=C2)CC=CC=C1C(C)(C)C. The van der Waals surface area contributed by atoms with Gasteiger partial charge in [-0.2, -0.15) is 0 Å². The van der Waals surface area contributed by atoms with Crippen LogP contribution in [0.4, 0.5) is 0 Å². The first-order valence-corrected chi connectivity index (χ1v) is 12.1. The van der Waals surface area contributed by atoms with Crippen molar-refractivity contribution in [3.63, 3.8) is 0 Å². The molecule has 1 unspecified atom stereocenters. The van der Waals surface area contributed by atoms with Crippen molar-refractivity contribution in [2.75, 3.05) is 6.61 Å². The van der Waals surface area contributed by atoms with E-state index in [0.717, 1.165) is 25.9 Å². The van der Waals surface area contributed by atoms with Gasteiger partial charge in [-0.05, 0) is 30.3 Å². The van der Waals surface area contributed by atoms with E-state index in [1.54, 1.807) is 5.20 Å². The van der Waals surface area contributed by atoms with Crippen LogP contribution in [0.25, 0.3) is 0 Å². The molecular weight excluding hydrogens is 296 g/mol. The van der Waals surface area contributed by atoms with Gasteiger partial charge in [0.25, 0.3) is 0 Å². The zero-order valence-electron chi connectivity index (χ0n) is 15.9. The van der Waals surface area contributed by atoms with Crippen LogP contribution in [0, 0.1) is 5.41 Å². The van der Waals surface area contributed by atoms with Crippen molar-refractivity contribution in [2.45, 2.75) is 71.7 Å². The van der Waals surface area contributed by atoms with Gasteiger partial charge in [0.05, 0.1) is 5.22 Å². The topological polar surface area (TPSA) is 9.23 Å². The fraction of sp³-hybridized carbons (Fsp3) is 0.619. The maximum absolute atomic E-state index is 6.79. The second-order valence-electron chi connectivity index (χ2n) is 8.41. The van der Waals surface area contributed by atoms with Gasteiger partial charge in [-0.25, -0.2) is 0 Å². The summed E-state index contributed by atoms with van der Waals surface area (Å²) in [5.41, 5.74) is 1.62. The molecule has 0 radical (unpaired) electrons. The molecule has 0 saturated carbocycles. The molecule has 0 spiro atoms. The molecule has 1 atom stereocenters. The van der Waals surface area contributed by atoms with Gasteiger partial charge in [-0.1, -0.05) is 88.9 Å². The lowest BCUT2D eigenvalue weighted by atomic mass is 9.79. The van der Waals surface area contributed by atoms with E-state index in [2.05, 4.69) is 77.2 Å². The maximum Gasteiger partial charge on any atom is 0.122 e. The molecule has 0 aromatic carbocycles. The molecule has 0 saturated heterocycles. The third-order valence-electron chi connectivity index (χ3n) is 5.40. The van der Waals surface area contributed by atoms with Gasteiger partial charge in [0, 0.05) is 6.61 Å². The quantitative estimate of drug-likeness (QED) is 0.419. The first kappa shape index (κ1) is 18.5. The monoisotopic (exact) mass is 330 g/mol. The molecule has 2 rings (SSSR count). The molecule has 0 amide bonds. The number of rotatable bonds is 6. The Kier molecular flexibility index (Phi) is 5.58. The van der Waals surface area contributed by atoms with Crippen molar-refractivity contribution >= 4 is 8.07 Å². The number of unbranched alkanes of at least 4 members (excludes halogenated alkanes) is 1. The van der Waals surface area contributed by atoms with Crippen molar-refractivity contribution in [3.05, 3.63) is 47.2 Å². The molecule has 0 N–H and O–H groups in total. The molecule has 0 aliphatic heterocycles. The Bertz CT molecular complexity index is 543. The second-order valence-corrected chi connectivity index (χ2v) is 13.0. The van der Waals surface area contributed by atoms with Gasteiger partial charge in [0.15, 0.2) is 0 Å². The Hall–Kier alpha value is -0.863. The summed E-state index contributed by atoms with van der Waals surface area (Å²) in [5.74, 6) is 0. The lowest BCUT2D eigenvalue weighted by Crippen LogP contribution is -2.61. The standard InChI is InChI=1S/C21H34OSi/c1-7-8-17-22-21(23(5,6)18-13-9-10-14-18)16-12-11-15-19(21)20(2,3)4/h9,11-15H,7-8,10,16-17H2,1-6H3. The fourth-order valence-electron chi connectivity index (χ4n) is 3.95. The normalized spacial score (nSPS) is 24.8. The number of hydrogen-bond acceptors (Lipinski definition) is 1. The van der Waals surface area contributed by atoms with Crippen LogP contribution in [0.2, 0.25) is 13.1 Å². The molecular formula is C21H34OSi. The summed E-state index contributed by atoms with van der Waals surface area (Å²) < 4.78 is 6.79. The Balaban J connectivity index is 2.50. The van der Waals surface area contributed by atoms with Gasteiger partial charge in [0.1, 0.15) is 8.07 Å². The Labute approximate surface area is 144 Å². The minimum Gasteiger partial charge on any atom is -0.373 e. The molecule has 0 aromatic rings. The van der Waals surface area contributed by atoms with E-state index in [9.17, 15) is 0 Å². The minimum absolute atomic E-state index is 0.115. The lowest BCUT2D eigenvalue weighted by molar-refractivity contribution is 0.0239. The molecule has 1 nitrogen and oxygen atoms in total. The van der Waals surface area contributed by atoms with E-state index in [4.69, 9.17) is 4.74 Å². The van der Waals surface area contributed by atoms with Crippen LogP contribution in [0.1, 0.15) is 53.4 Å². The molecule has 0 aromatic heterocycles. The second kappa shape index (κ2) is 6.94. The molecule has 128 valence electrons. The average molecular weight is 331 g/mol. The zero-order valence-corrected chi connectivity index (χ0v) is 16.9. The average Bonchev–Trinajstić information content (AvgIpc) is 3.01. The van der Waals surface area contributed by atoms with E-state index >= 15 is 0 Å². The first-order chi connectivity index (χ1) is 10.8. The Morgan fingerprint density at radius 1 is 1.22 bits per heavy atom. The number of hydrogen-bond donors (Lipinski definition) is 0. The van der Waals surface area contributed by atoms with Gasteiger partial charge >= 0.3 is 0 Å². The number of allylic oxidation sites excluding steroid dienone is 6. The van der Waals surface area contributed by atoms with E-state index < -0.39 is 8.07 Å². The fourth-order valence-corrected chi connectivity index (χ4v) is 7.80. The van der Waals surface area contributed by atoms with Gasteiger partial charge < -0.3 is 4.74 Å². The van der Waals surface area contributed by atoms with Crippen molar-refractivity contribution in [3.8, 4) is 0 Å². The predicted octanol–water partition coefficient (Wildman–Crippen LogP) is 6.15. The summed E-state index contributed by atoms with van der Waals surface area (Å²) in [5, 5.41) is 1.44. The summed E-state index contributed by atoms with van der Waals surface area (Å²) in [7, 11) is -1.81. The molecule has 0 bridgehead atoms. The summed E-state index contributed by atoms with van der Waals surface area (Å²) in [4.78, 5) is 0. The third-order valence-corrected chi connectivity index (χ3v) is 9.85. The molecule has 2 aliphatic rings. The molecule has 2 heteroatoms. The molecule has 0 fully saturated rings. The van der Waals surface area contributed by atoms with Crippen LogP contribution in [-0.4, -0.2) is 19.9 Å². The first-order valence-electron chi connectivity index (χ1n) is 9.14. The van der Waals surface area contributed by atoms with Gasteiger partial charge in [-0.3, -0.25) is 0 Å². The highest BCUT2D eigenvalue weighted by atomic mass is 28.3. The third kappa shape index (κ3) is 3.48. The summed E-state index contributed by atoms with van der Waals surface area (Å²) in [6.45, 7) is 15.1. The smallest absolute Gasteiger partial charge is 0.122 e. The lowest BCUT2D eigenvalue weighted by Gasteiger charge is -2.51. The van der Waals surface area contributed by atoms with Crippen molar-refractivity contribution in [2.24, 2.45) is 5.41 Å². The van der Waals surface area contributed by atoms with Crippen LogP contribution in [0.5, 0.6) is 0 Å². The van der Waals surface area contributed by atoms with Crippen LogP contribution in [0.3, 0.4) is 0 Å². The van der Waals surface area contributed by atoms with Crippen LogP contribution in [0.15, 0.2) is 47.2 Å². The van der Waals surface area contributed by atoms with E-state index in [0.29, 0.717) is 0 Å². The molecule has 23 heavy (non-hydrogen) atoms. The highest BCUT2D eigenvalue weighted by molar-refractivity contribution is 6.88. The molecule has 2 aliphatic carbocycles. The Morgan fingerprint density at radius 3 is 2.52 bits per heavy atom. The minimum atomic E-state index is -1.81. The van der Waals surface area contributed by atoms with Crippen LogP contribution in [-0.2, 0) is 4.74 Å². The highest BCUT2D eigenvalue weighted by Gasteiger charge is 2.54. The van der Waals surface area contributed by atoms with Gasteiger partial charge in [0.2, 0.25) is 0 Å².